The number of carboxylic acid groups (broad SMARTS) is 1. The third-order valence-corrected chi connectivity index (χ3v) is 6.16. The fourth-order valence-electron chi connectivity index (χ4n) is 4.11. The van der Waals surface area contributed by atoms with Gasteiger partial charge in [-0.3, -0.25) is 9.59 Å². The highest BCUT2D eigenvalue weighted by Crippen LogP contribution is 2.34. The Morgan fingerprint density at radius 2 is 2.06 bits per heavy atom. The molecular weight excluding hydrogens is 400 g/mol. The average Bonchev–Trinajstić information content (AvgIpc) is 3.54. The Labute approximate surface area is 180 Å². The Morgan fingerprint density at radius 1 is 1.26 bits per heavy atom. The van der Waals surface area contributed by atoms with Gasteiger partial charge in [0, 0.05) is 5.56 Å². The molecule has 0 aromatic carbocycles. The van der Waals surface area contributed by atoms with E-state index in [-0.39, 0.29) is 30.5 Å². The molecule has 166 valence electrons. The molecule has 2 heterocycles. The van der Waals surface area contributed by atoms with Crippen LogP contribution in [0.15, 0.2) is 22.9 Å². The fraction of sp³-hybridized carbons (Fsp3) is 0.565. The molecule has 1 N–H and O–H groups in total. The number of aromatic nitrogens is 2. The minimum Gasteiger partial charge on any atom is -0.489 e. The minimum atomic E-state index is -0.764. The summed E-state index contributed by atoms with van der Waals surface area (Å²) in [6.07, 6.45) is 6.58. The summed E-state index contributed by atoms with van der Waals surface area (Å²) in [6.45, 7) is 3.72. The first-order valence-corrected chi connectivity index (χ1v) is 10.9. The van der Waals surface area contributed by atoms with Crippen molar-refractivity contribution in [1.29, 1.82) is 0 Å². The zero-order valence-corrected chi connectivity index (χ0v) is 17.9. The quantitative estimate of drug-likeness (QED) is 0.629. The Morgan fingerprint density at radius 3 is 2.74 bits per heavy atom. The van der Waals surface area contributed by atoms with Crippen molar-refractivity contribution in [2.75, 3.05) is 0 Å². The van der Waals surface area contributed by atoms with Gasteiger partial charge in [-0.1, -0.05) is 5.16 Å². The number of nitrogens with zero attached hydrogens (tertiary/aromatic N) is 2. The van der Waals surface area contributed by atoms with E-state index in [1.807, 2.05) is 6.92 Å². The summed E-state index contributed by atoms with van der Waals surface area (Å²) in [7, 11) is 0. The first kappa shape index (κ1) is 21.3. The predicted molar refractivity (Wildman–Crippen MR) is 110 cm³/mol. The van der Waals surface area contributed by atoms with E-state index < -0.39 is 5.97 Å². The van der Waals surface area contributed by atoms with Crippen LogP contribution >= 0.6 is 0 Å². The number of carboxylic acids is 1. The summed E-state index contributed by atoms with van der Waals surface area (Å²) in [4.78, 5) is 28.0. The average molecular weight is 428 g/mol. The molecule has 8 nitrogen and oxygen atoms in total. The Bertz CT molecular complexity index is 934. The van der Waals surface area contributed by atoms with E-state index in [1.165, 1.54) is 0 Å². The van der Waals surface area contributed by atoms with Crippen LogP contribution in [0.1, 0.15) is 56.7 Å². The molecule has 31 heavy (non-hydrogen) atoms. The van der Waals surface area contributed by atoms with E-state index in [0.717, 1.165) is 25.7 Å². The van der Waals surface area contributed by atoms with E-state index in [2.05, 4.69) is 10.1 Å². The minimum absolute atomic E-state index is 0.0637. The van der Waals surface area contributed by atoms with E-state index >= 15 is 0 Å². The number of hydrogen-bond donors (Lipinski definition) is 1. The smallest absolute Gasteiger partial charge is 0.310 e. The summed E-state index contributed by atoms with van der Waals surface area (Å²) < 4.78 is 16.9. The van der Waals surface area contributed by atoms with Crippen molar-refractivity contribution in [1.82, 2.24) is 10.1 Å². The Kier molecular flexibility index (Phi) is 6.25. The molecule has 2 fully saturated rings. The van der Waals surface area contributed by atoms with E-state index in [1.54, 1.807) is 25.3 Å². The molecule has 2 aliphatic rings. The number of ether oxygens (including phenoxy) is 2. The Balaban J connectivity index is 1.41. The Hall–Kier alpha value is -2.90. The van der Waals surface area contributed by atoms with Crippen molar-refractivity contribution in [2.24, 2.45) is 11.8 Å². The summed E-state index contributed by atoms with van der Waals surface area (Å²) in [5.74, 6) is 0.0976. The fourth-order valence-corrected chi connectivity index (χ4v) is 4.11. The molecule has 2 aliphatic carbocycles. The summed E-state index contributed by atoms with van der Waals surface area (Å²) in [5.41, 5.74) is 1.86. The molecule has 0 spiro atoms. The van der Waals surface area contributed by atoms with Crippen LogP contribution < -0.4 is 4.74 Å². The van der Waals surface area contributed by atoms with Crippen LogP contribution in [0.25, 0.3) is 11.5 Å². The van der Waals surface area contributed by atoms with Gasteiger partial charge in [0.15, 0.2) is 5.76 Å². The number of carbonyl (C=O) groups excluding carboxylic acids is 1. The van der Waals surface area contributed by atoms with E-state index in [0.29, 0.717) is 47.2 Å². The van der Waals surface area contributed by atoms with Crippen LogP contribution in [0.2, 0.25) is 0 Å². The van der Waals surface area contributed by atoms with Gasteiger partial charge in [0.1, 0.15) is 17.5 Å². The second-order valence-electron chi connectivity index (χ2n) is 8.61. The van der Waals surface area contributed by atoms with Gasteiger partial charge in [0.2, 0.25) is 0 Å². The predicted octanol–water partition coefficient (Wildman–Crippen LogP) is 3.95. The maximum atomic E-state index is 12.4. The van der Waals surface area contributed by atoms with Crippen molar-refractivity contribution in [3.8, 4) is 17.2 Å². The molecule has 0 unspecified atom stereocenters. The van der Waals surface area contributed by atoms with Gasteiger partial charge in [0.05, 0.1) is 30.3 Å². The highest BCUT2D eigenvalue weighted by atomic mass is 16.5. The van der Waals surface area contributed by atoms with Crippen molar-refractivity contribution >= 4 is 11.9 Å². The molecule has 4 rings (SSSR count). The van der Waals surface area contributed by atoms with Gasteiger partial charge in [-0.05, 0) is 70.4 Å². The summed E-state index contributed by atoms with van der Waals surface area (Å²) in [6, 6.07) is 3.54. The second kappa shape index (κ2) is 9.08. The topological polar surface area (TPSA) is 112 Å². The number of rotatable bonds is 8. The summed E-state index contributed by atoms with van der Waals surface area (Å²) in [5, 5.41) is 13.2. The molecule has 2 aromatic heterocycles. The molecule has 8 heteroatoms. The molecular formula is C23H28N2O6. The first-order chi connectivity index (χ1) is 14.9. The number of pyridine rings is 1. The maximum absolute atomic E-state index is 12.4. The first-order valence-electron chi connectivity index (χ1n) is 10.9. The molecule has 0 bridgehead atoms. The SMILES string of the molecule is Cc1noc(-c2ccc(O[C@H]3CCC[C@H](C(=O)O)C3)cn2)c1CC(=O)O[C@H](C)C1CC1. The van der Waals surface area contributed by atoms with Crippen molar-refractivity contribution < 1.29 is 28.7 Å². The normalized spacial score (nSPS) is 22.0. The molecule has 0 amide bonds. The van der Waals surface area contributed by atoms with Crippen molar-refractivity contribution in [3.63, 3.8) is 0 Å². The molecule has 0 saturated heterocycles. The summed E-state index contributed by atoms with van der Waals surface area (Å²) >= 11 is 0. The van der Waals surface area contributed by atoms with Gasteiger partial charge in [0.25, 0.3) is 0 Å². The highest BCUT2D eigenvalue weighted by molar-refractivity contribution is 5.76. The van der Waals surface area contributed by atoms with Crippen molar-refractivity contribution in [2.45, 2.75) is 71.0 Å². The lowest BCUT2D eigenvalue weighted by Crippen LogP contribution is -2.29. The number of aliphatic carboxylic acids is 1. The van der Waals surface area contributed by atoms with Gasteiger partial charge < -0.3 is 19.1 Å². The van der Waals surface area contributed by atoms with Gasteiger partial charge >= 0.3 is 11.9 Å². The molecule has 2 aromatic rings. The third-order valence-electron chi connectivity index (χ3n) is 6.16. The van der Waals surface area contributed by atoms with E-state index in [9.17, 15) is 14.7 Å². The molecule has 0 aliphatic heterocycles. The number of aryl methyl sites for hydroxylation is 1. The largest absolute Gasteiger partial charge is 0.489 e. The van der Waals surface area contributed by atoms with Crippen LogP contribution in [-0.2, 0) is 20.7 Å². The van der Waals surface area contributed by atoms with Gasteiger partial charge in [-0.2, -0.15) is 0 Å². The highest BCUT2D eigenvalue weighted by Gasteiger charge is 2.31. The zero-order valence-electron chi connectivity index (χ0n) is 17.9. The third kappa shape index (κ3) is 5.24. The maximum Gasteiger partial charge on any atom is 0.310 e. The molecule has 3 atom stereocenters. The van der Waals surface area contributed by atoms with Gasteiger partial charge in [-0.25, -0.2) is 4.98 Å². The number of esters is 1. The van der Waals surface area contributed by atoms with Crippen LogP contribution in [0.5, 0.6) is 5.75 Å². The lowest BCUT2D eigenvalue weighted by molar-refractivity contribution is -0.148. The van der Waals surface area contributed by atoms with Crippen LogP contribution in [0.3, 0.4) is 0 Å². The van der Waals surface area contributed by atoms with E-state index in [4.69, 9.17) is 14.0 Å². The molecule has 2 saturated carbocycles. The van der Waals surface area contributed by atoms with Crippen molar-refractivity contribution in [3.05, 3.63) is 29.6 Å². The monoisotopic (exact) mass is 428 g/mol. The number of carbonyl (C=O) groups is 2. The van der Waals surface area contributed by atoms with Crippen LogP contribution in [-0.4, -0.2) is 39.4 Å². The second-order valence-corrected chi connectivity index (χ2v) is 8.61. The lowest BCUT2D eigenvalue weighted by Gasteiger charge is -2.27. The van der Waals surface area contributed by atoms with Crippen LogP contribution in [0, 0.1) is 18.8 Å². The molecule has 0 radical (unpaired) electrons. The lowest BCUT2D eigenvalue weighted by atomic mass is 9.87. The van der Waals surface area contributed by atoms with Crippen LogP contribution in [0.4, 0.5) is 0 Å². The zero-order chi connectivity index (χ0) is 22.0. The van der Waals surface area contributed by atoms with Gasteiger partial charge in [-0.15, -0.1) is 0 Å². The standard InChI is InChI=1S/C23H28N2O6/c1-13-19(11-21(26)29-14(2)15-6-7-15)22(31-25-13)20-9-8-18(12-24-20)30-17-5-3-4-16(10-17)23(27)28/h8-9,12,14-17H,3-7,10-11H2,1-2H3,(H,27,28)/t14-,16+,17+/m1/s1. The number of hydrogen-bond acceptors (Lipinski definition) is 7.